The molecule has 3 atom stereocenters. The number of urea groups is 1. The molecule has 2 bridgehead atoms. The number of pyridine rings is 1. The van der Waals surface area contributed by atoms with E-state index in [1.165, 1.54) is 0 Å². The van der Waals surface area contributed by atoms with Gasteiger partial charge in [-0.2, -0.15) is 0 Å². The second kappa shape index (κ2) is 7.89. The molecule has 1 aromatic heterocycles. The molecule has 0 aromatic carbocycles. The third-order valence-electron chi connectivity index (χ3n) is 7.22. The molecule has 1 aromatic rings. The fourth-order valence-electron chi connectivity index (χ4n) is 5.74. The molecule has 8 nitrogen and oxygen atoms in total. The Bertz CT molecular complexity index is 823. The van der Waals surface area contributed by atoms with Gasteiger partial charge in [0.1, 0.15) is 0 Å². The number of carbonyl (C=O) groups is 3. The van der Waals surface area contributed by atoms with E-state index in [2.05, 4.69) is 9.88 Å². The lowest BCUT2D eigenvalue weighted by atomic mass is 9.76. The van der Waals surface area contributed by atoms with Gasteiger partial charge in [0, 0.05) is 76.2 Å². The van der Waals surface area contributed by atoms with Crippen molar-refractivity contribution in [2.45, 2.75) is 31.7 Å². The topological polar surface area (TPSA) is 77.1 Å². The van der Waals surface area contributed by atoms with Crippen LogP contribution in [-0.2, 0) is 4.79 Å². The molecule has 4 saturated heterocycles. The average Bonchev–Trinajstić information content (AvgIpc) is 2.79. The van der Waals surface area contributed by atoms with Gasteiger partial charge in [-0.05, 0) is 43.2 Å². The summed E-state index contributed by atoms with van der Waals surface area (Å²) in [7, 11) is 0. The van der Waals surface area contributed by atoms with Crippen molar-refractivity contribution in [3.05, 3.63) is 30.1 Å². The van der Waals surface area contributed by atoms with E-state index in [1.807, 2.05) is 14.7 Å². The highest BCUT2D eigenvalue weighted by Crippen LogP contribution is 2.38. The average molecular weight is 412 g/mol. The first-order valence-electron chi connectivity index (χ1n) is 11.1. The summed E-state index contributed by atoms with van der Waals surface area (Å²) < 4.78 is 0. The number of amides is 4. The van der Waals surface area contributed by atoms with Crippen LogP contribution in [0.4, 0.5) is 4.79 Å². The summed E-state index contributed by atoms with van der Waals surface area (Å²) in [6.07, 6.45) is 7.11. The number of nitrogens with zero attached hydrogens (tertiary/aromatic N) is 5. The Kier molecular flexibility index (Phi) is 5.08. The molecule has 5 heterocycles. The van der Waals surface area contributed by atoms with E-state index in [-0.39, 0.29) is 11.9 Å². The minimum absolute atomic E-state index is 0.000870. The molecule has 0 spiro atoms. The van der Waals surface area contributed by atoms with Crippen LogP contribution >= 0.6 is 0 Å². The number of rotatable bonds is 1. The monoisotopic (exact) mass is 411 g/mol. The first-order chi connectivity index (χ1) is 14.6. The van der Waals surface area contributed by atoms with E-state index in [9.17, 15) is 14.4 Å². The fourth-order valence-corrected chi connectivity index (χ4v) is 5.74. The summed E-state index contributed by atoms with van der Waals surface area (Å²) in [5, 5.41) is 0. The summed E-state index contributed by atoms with van der Waals surface area (Å²) in [5.74, 6) is 1.09. The molecule has 4 fully saturated rings. The lowest BCUT2D eigenvalue weighted by molar-refractivity contribution is -0.144. The van der Waals surface area contributed by atoms with E-state index in [4.69, 9.17) is 0 Å². The molecule has 30 heavy (non-hydrogen) atoms. The smallest absolute Gasteiger partial charge is 0.320 e. The van der Waals surface area contributed by atoms with Gasteiger partial charge in [0.25, 0.3) is 5.91 Å². The van der Waals surface area contributed by atoms with Gasteiger partial charge in [0.2, 0.25) is 5.91 Å². The van der Waals surface area contributed by atoms with Gasteiger partial charge in [-0.1, -0.05) is 0 Å². The van der Waals surface area contributed by atoms with Crippen LogP contribution in [-0.4, -0.2) is 94.3 Å². The second-order valence-electron chi connectivity index (χ2n) is 9.07. The number of hydrogen-bond acceptors (Lipinski definition) is 4. The van der Waals surface area contributed by atoms with E-state index in [0.29, 0.717) is 61.9 Å². The predicted octanol–water partition coefficient (Wildman–Crippen LogP) is 1.29. The second-order valence-corrected chi connectivity index (χ2v) is 9.07. The first-order valence-corrected chi connectivity index (χ1v) is 11.1. The number of piperidine rings is 3. The van der Waals surface area contributed by atoms with Crippen LogP contribution in [0.2, 0.25) is 0 Å². The Hall–Kier alpha value is -2.64. The fraction of sp³-hybridized carbons (Fsp3) is 0.636. The first kappa shape index (κ1) is 19.3. The minimum Gasteiger partial charge on any atom is -0.339 e. The summed E-state index contributed by atoms with van der Waals surface area (Å²) in [5.41, 5.74) is 0.639. The van der Waals surface area contributed by atoms with Gasteiger partial charge in [-0.15, -0.1) is 0 Å². The van der Waals surface area contributed by atoms with Crippen LogP contribution in [0, 0.1) is 11.8 Å². The van der Waals surface area contributed by atoms with Crippen LogP contribution < -0.4 is 0 Å². The Morgan fingerprint density at radius 1 is 0.933 bits per heavy atom. The predicted molar refractivity (Wildman–Crippen MR) is 110 cm³/mol. The largest absolute Gasteiger partial charge is 0.339 e. The van der Waals surface area contributed by atoms with Gasteiger partial charge >= 0.3 is 6.03 Å². The summed E-state index contributed by atoms with van der Waals surface area (Å²) >= 11 is 0. The van der Waals surface area contributed by atoms with Crippen molar-refractivity contribution in [2.75, 3.05) is 45.8 Å². The highest BCUT2D eigenvalue weighted by Gasteiger charge is 2.45. The molecular formula is C22H29N5O3. The van der Waals surface area contributed by atoms with E-state index < -0.39 is 0 Å². The molecule has 4 aliphatic heterocycles. The van der Waals surface area contributed by atoms with Crippen molar-refractivity contribution >= 4 is 17.8 Å². The zero-order valence-electron chi connectivity index (χ0n) is 17.3. The van der Waals surface area contributed by atoms with Crippen molar-refractivity contribution in [2.24, 2.45) is 11.8 Å². The number of piperazine rings is 1. The number of fused-ring (bicyclic) bond motifs is 4. The molecule has 0 aliphatic carbocycles. The zero-order valence-corrected chi connectivity index (χ0v) is 17.3. The normalized spacial score (nSPS) is 28.9. The highest BCUT2D eigenvalue weighted by atomic mass is 16.2. The zero-order chi connectivity index (χ0) is 20.7. The molecule has 4 amide bonds. The van der Waals surface area contributed by atoms with Crippen molar-refractivity contribution in [3.8, 4) is 0 Å². The Morgan fingerprint density at radius 3 is 2.43 bits per heavy atom. The SMILES string of the molecule is O=C(c1ccncc1)N1CCN(C(=O)N2C[C@H]3C[C@H](C2)[C@H]2CCCC(=O)N2C3)CC1. The van der Waals surface area contributed by atoms with Crippen LogP contribution in [0.25, 0.3) is 0 Å². The summed E-state index contributed by atoms with van der Waals surface area (Å²) in [6.45, 7) is 4.53. The minimum atomic E-state index is -0.000870. The maximum Gasteiger partial charge on any atom is 0.320 e. The van der Waals surface area contributed by atoms with E-state index >= 15 is 0 Å². The van der Waals surface area contributed by atoms with Crippen LogP contribution in [0.15, 0.2) is 24.5 Å². The number of aromatic nitrogens is 1. The molecular weight excluding hydrogens is 382 g/mol. The molecule has 0 radical (unpaired) electrons. The summed E-state index contributed by atoms with van der Waals surface area (Å²) in [6, 6.07) is 3.86. The van der Waals surface area contributed by atoms with Gasteiger partial charge < -0.3 is 19.6 Å². The maximum atomic E-state index is 13.2. The van der Waals surface area contributed by atoms with Crippen molar-refractivity contribution in [1.82, 2.24) is 24.6 Å². The van der Waals surface area contributed by atoms with Crippen molar-refractivity contribution in [1.29, 1.82) is 0 Å². The van der Waals surface area contributed by atoms with E-state index in [0.717, 1.165) is 38.9 Å². The van der Waals surface area contributed by atoms with Gasteiger partial charge in [0.15, 0.2) is 0 Å². The van der Waals surface area contributed by atoms with Gasteiger partial charge in [-0.25, -0.2) is 4.79 Å². The Balaban J connectivity index is 1.19. The lowest BCUT2D eigenvalue weighted by Crippen LogP contribution is -2.63. The third kappa shape index (κ3) is 3.52. The van der Waals surface area contributed by atoms with Crippen LogP contribution in [0.3, 0.4) is 0 Å². The van der Waals surface area contributed by atoms with Gasteiger partial charge in [0.05, 0.1) is 0 Å². The maximum absolute atomic E-state index is 13.2. The Labute approximate surface area is 176 Å². The number of likely N-dealkylation sites (tertiary alicyclic amines) is 1. The van der Waals surface area contributed by atoms with Crippen LogP contribution in [0.1, 0.15) is 36.0 Å². The van der Waals surface area contributed by atoms with E-state index in [1.54, 1.807) is 24.5 Å². The molecule has 160 valence electrons. The molecule has 0 N–H and O–H groups in total. The summed E-state index contributed by atoms with van der Waals surface area (Å²) in [4.78, 5) is 49.9. The number of hydrogen-bond donors (Lipinski definition) is 0. The molecule has 0 saturated carbocycles. The van der Waals surface area contributed by atoms with Crippen LogP contribution in [0.5, 0.6) is 0 Å². The Morgan fingerprint density at radius 2 is 1.67 bits per heavy atom. The van der Waals surface area contributed by atoms with Gasteiger partial charge in [-0.3, -0.25) is 14.6 Å². The van der Waals surface area contributed by atoms with Crippen molar-refractivity contribution in [3.63, 3.8) is 0 Å². The lowest BCUT2D eigenvalue weighted by Gasteiger charge is -2.53. The third-order valence-corrected chi connectivity index (χ3v) is 7.22. The van der Waals surface area contributed by atoms with Crippen molar-refractivity contribution < 1.29 is 14.4 Å². The quantitative estimate of drug-likeness (QED) is 0.698. The molecule has 0 unspecified atom stereocenters. The number of carbonyl (C=O) groups excluding carboxylic acids is 3. The molecule has 4 aliphatic rings. The standard InChI is InChI=1S/C22H29N5O3/c28-20-3-1-2-19-18-12-16(14-27(19)20)13-26(15-18)22(30)25-10-8-24(9-11-25)21(29)17-4-6-23-7-5-17/h4-7,16,18-19H,1-3,8-15H2/t16-,18-,19-/m1/s1. The molecule has 5 rings (SSSR count). The highest BCUT2D eigenvalue weighted by molar-refractivity contribution is 5.94. The molecule has 8 heteroatoms.